The second-order valence-corrected chi connectivity index (χ2v) is 8.19. The predicted molar refractivity (Wildman–Crippen MR) is 124 cm³/mol. The number of benzene rings is 2. The van der Waals surface area contributed by atoms with Gasteiger partial charge in [0, 0.05) is 31.0 Å². The van der Waals surface area contributed by atoms with Gasteiger partial charge in [0.25, 0.3) is 5.91 Å². The molecule has 1 N–H and O–H groups in total. The van der Waals surface area contributed by atoms with E-state index in [-0.39, 0.29) is 11.9 Å². The average molecular weight is 422 g/mol. The first-order valence-corrected chi connectivity index (χ1v) is 10.4. The molecule has 0 radical (unpaired) electrons. The molecule has 1 aliphatic heterocycles. The highest BCUT2D eigenvalue weighted by Crippen LogP contribution is 2.33. The van der Waals surface area contributed by atoms with Crippen molar-refractivity contribution in [2.75, 3.05) is 20.1 Å². The number of hydrogen-bond donors (Lipinski definition) is 1. The number of likely N-dealkylation sites (tertiary alicyclic amines) is 1. The van der Waals surface area contributed by atoms with Gasteiger partial charge in [-0.2, -0.15) is 0 Å². The van der Waals surface area contributed by atoms with Gasteiger partial charge in [0.2, 0.25) is 0 Å². The number of nitrogens with zero attached hydrogens (tertiary/aromatic N) is 5. The number of hydrogen-bond acceptors (Lipinski definition) is 4. The van der Waals surface area contributed by atoms with E-state index in [1.54, 1.807) is 18.3 Å². The van der Waals surface area contributed by atoms with Crippen LogP contribution in [0.5, 0.6) is 0 Å². The van der Waals surface area contributed by atoms with Crippen LogP contribution in [0.2, 0.25) is 0 Å². The van der Waals surface area contributed by atoms with Gasteiger partial charge in [-0.25, -0.2) is 14.8 Å². The molecule has 0 aliphatic carbocycles. The molecule has 5 rings (SSSR count). The maximum Gasteiger partial charge on any atom is 0.274 e. The summed E-state index contributed by atoms with van der Waals surface area (Å²) < 4.78 is 1.93. The SMILES string of the molecule is [C-]#[N+]c1ccc(-c2nc(C(=O)NC3CN(C)C3)c3nccn3c2-c2ccc(C)cc2)cc1. The van der Waals surface area contributed by atoms with Gasteiger partial charge in [0.05, 0.1) is 24.0 Å². The summed E-state index contributed by atoms with van der Waals surface area (Å²) in [6.45, 7) is 10.9. The maximum atomic E-state index is 13.2. The Morgan fingerprint density at radius 2 is 1.78 bits per heavy atom. The van der Waals surface area contributed by atoms with Crippen LogP contribution < -0.4 is 5.32 Å². The standard InChI is InChI=1S/C25H22N6O/c1-16-4-6-18(7-5-16)23-21(17-8-10-19(26-2)11-9-17)29-22(24-27-12-13-31(23)24)25(32)28-20-14-30(3)15-20/h4-13,20H,14-15H2,1,3H3,(H,28,32). The van der Waals surface area contributed by atoms with Crippen molar-refractivity contribution in [3.05, 3.63) is 83.6 Å². The monoisotopic (exact) mass is 422 g/mol. The van der Waals surface area contributed by atoms with E-state index in [1.165, 1.54) is 0 Å². The van der Waals surface area contributed by atoms with E-state index in [9.17, 15) is 4.79 Å². The summed E-state index contributed by atoms with van der Waals surface area (Å²) in [5.41, 5.74) is 5.87. The number of aromatic nitrogens is 3. The first-order chi connectivity index (χ1) is 15.5. The second kappa shape index (κ2) is 7.91. The Hall–Kier alpha value is -4.02. The molecule has 2 aromatic heterocycles. The highest BCUT2D eigenvalue weighted by atomic mass is 16.2. The van der Waals surface area contributed by atoms with Crippen LogP contribution in [-0.4, -0.2) is 51.4 Å². The van der Waals surface area contributed by atoms with Crippen molar-refractivity contribution in [3.63, 3.8) is 0 Å². The van der Waals surface area contributed by atoms with Crippen molar-refractivity contribution in [2.45, 2.75) is 13.0 Å². The van der Waals surface area contributed by atoms with Gasteiger partial charge >= 0.3 is 0 Å². The van der Waals surface area contributed by atoms with Crippen molar-refractivity contribution in [1.29, 1.82) is 0 Å². The number of carbonyl (C=O) groups excluding carboxylic acids is 1. The quantitative estimate of drug-likeness (QED) is 0.506. The van der Waals surface area contributed by atoms with Gasteiger partial charge in [-0.05, 0) is 19.5 Å². The lowest BCUT2D eigenvalue weighted by Crippen LogP contribution is -2.57. The molecule has 1 fully saturated rings. The molecule has 1 amide bonds. The highest BCUT2D eigenvalue weighted by molar-refractivity contribution is 6.00. The van der Waals surface area contributed by atoms with Gasteiger partial charge < -0.3 is 10.2 Å². The normalized spacial score (nSPS) is 14.2. The molecule has 1 aliphatic rings. The number of nitrogens with one attached hydrogen (secondary N) is 1. The van der Waals surface area contributed by atoms with Crippen LogP contribution in [0.1, 0.15) is 16.1 Å². The Balaban J connectivity index is 1.70. The molecule has 0 spiro atoms. The smallest absolute Gasteiger partial charge is 0.274 e. The molecule has 4 aromatic rings. The number of aryl methyl sites for hydroxylation is 1. The first kappa shape index (κ1) is 19.9. The summed E-state index contributed by atoms with van der Waals surface area (Å²) in [5, 5.41) is 3.07. The third kappa shape index (κ3) is 3.51. The first-order valence-electron chi connectivity index (χ1n) is 10.4. The summed E-state index contributed by atoms with van der Waals surface area (Å²) in [4.78, 5) is 28.1. The summed E-state index contributed by atoms with van der Waals surface area (Å²) in [5.74, 6) is -0.228. The number of imidazole rings is 1. The van der Waals surface area contributed by atoms with E-state index in [1.807, 2.05) is 48.8 Å². The van der Waals surface area contributed by atoms with Crippen molar-refractivity contribution >= 4 is 17.2 Å². The Labute approximate surface area is 186 Å². The largest absolute Gasteiger partial charge is 0.345 e. The van der Waals surface area contributed by atoms with E-state index in [4.69, 9.17) is 11.6 Å². The number of carbonyl (C=O) groups is 1. The lowest BCUT2D eigenvalue weighted by Gasteiger charge is -2.36. The van der Waals surface area contributed by atoms with E-state index in [2.05, 4.69) is 32.2 Å². The molecule has 0 bridgehead atoms. The number of rotatable bonds is 4. The minimum Gasteiger partial charge on any atom is -0.345 e. The minimum absolute atomic E-state index is 0.113. The van der Waals surface area contributed by atoms with Gasteiger partial charge in [-0.15, -0.1) is 0 Å². The number of fused-ring (bicyclic) bond motifs is 1. The fourth-order valence-electron chi connectivity index (χ4n) is 4.07. The van der Waals surface area contributed by atoms with E-state index in [0.717, 1.165) is 35.5 Å². The second-order valence-electron chi connectivity index (χ2n) is 8.19. The fraction of sp³-hybridized carbons (Fsp3) is 0.200. The maximum absolute atomic E-state index is 13.2. The zero-order valence-electron chi connectivity index (χ0n) is 17.9. The fourth-order valence-corrected chi connectivity index (χ4v) is 4.07. The zero-order chi connectivity index (χ0) is 22.2. The summed E-state index contributed by atoms with van der Waals surface area (Å²) in [6.07, 6.45) is 3.55. The summed E-state index contributed by atoms with van der Waals surface area (Å²) in [7, 11) is 2.02. The number of amides is 1. The van der Waals surface area contributed by atoms with Crippen molar-refractivity contribution < 1.29 is 4.79 Å². The Morgan fingerprint density at radius 1 is 1.09 bits per heavy atom. The average Bonchev–Trinajstić information content (AvgIpc) is 3.27. The molecular weight excluding hydrogens is 400 g/mol. The van der Waals surface area contributed by atoms with Crippen LogP contribution in [0.4, 0.5) is 5.69 Å². The molecular formula is C25H22N6O. The lowest BCUT2D eigenvalue weighted by molar-refractivity contribution is 0.0854. The zero-order valence-corrected chi connectivity index (χ0v) is 17.9. The highest BCUT2D eigenvalue weighted by Gasteiger charge is 2.28. The van der Waals surface area contributed by atoms with Crippen molar-refractivity contribution in [2.24, 2.45) is 0 Å². The van der Waals surface area contributed by atoms with Crippen molar-refractivity contribution in [1.82, 2.24) is 24.6 Å². The molecule has 32 heavy (non-hydrogen) atoms. The Kier molecular flexibility index (Phi) is 4.92. The molecule has 3 heterocycles. The number of likely N-dealkylation sites (N-methyl/N-ethyl adjacent to an activating group) is 1. The molecule has 2 aromatic carbocycles. The van der Waals surface area contributed by atoms with Crippen LogP contribution in [0.3, 0.4) is 0 Å². The van der Waals surface area contributed by atoms with Gasteiger partial charge in [0.15, 0.2) is 17.0 Å². The third-order valence-electron chi connectivity index (χ3n) is 5.75. The molecule has 0 atom stereocenters. The molecule has 1 saturated heterocycles. The molecule has 7 nitrogen and oxygen atoms in total. The van der Waals surface area contributed by atoms with Crippen LogP contribution >= 0.6 is 0 Å². The molecule has 7 heteroatoms. The molecule has 158 valence electrons. The molecule has 0 unspecified atom stereocenters. The summed E-state index contributed by atoms with van der Waals surface area (Å²) >= 11 is 0. The van der Waals surface area contributed by atoms with E-state index < -0.39 is 0 Å². The van der Waals surface area contributed by atoms with Crippen LogP contribution in [0.15, 0.2) is 60.9 Å². The van der Waals surface area contributed by atoms with Crippen molar-refractivity contribution in [3.8, 4) is 22.5 Å². The Bertz CT molecular complexity index is 1340. The lowest BCUT2D eigenvalue weighted by atomic mass is 10.0. The Morgan fingerprint density at radius 3 is 2.44 bits per heavy atom. The third-order valence-corrected chi connectivity index (χ3v) is 5.75. The van der Waals surface area contributed by atoms with E-state index >= 15 is 0 Å². The predicted octanol–water partition coefficient (Wildman–Crippen LogP) is 3.97. The minimum atomic E-state index is -0.228. The van der Waals surface area contributed by atoms with Crippen LogP contribution in [0, 0.1) is 13.5 Å². The van der Waals surface area contributed by atoms with Crippen LogP contribution in [-0.2, 0) is 0 Å². The van der Waals surface area contributed by atoms with Gasteiger partial charge in [0.1, 0.15) is 0 Å². The van der Waals surface area contributed by atoms with Gasteiger partial charge in [-0.3, -0.25) is 9.20 Å². The summed E-state index contributed by atoms with van der Waals surface area (Å²) in [6, 6.07) is 15.6. The van der Waals surface area contributed by atoms with E-state index in [0.29, 0.717) is 22.7 Å². The molecule has 0 saturated carbocycles. The topological polar surface area (TPSA) is 66.9 Å². The van der Waals surface area contributed by atoms with Gasteiger partial charge in [-0.1, -0.05) is 54.1 Å². The van der Waals surface area contributed by atoms with Crippen LogP contribution in [0.25, 0.3) is 33.0 Å².